The second-order valence-electron chi connectivity index (χ2n) is 7.04. The van der Waals surface area contributed by atoms with Gasteiger partial charge in [0.15, 0.2) is 0 Å². The average molecular weight is 426 g/mol. The van der Waals surface area contributed by atoms with Crippen LogP contribution in [-0.4, -0.2) is 19.5 Å². The number of rotatable bonds is 0. The van der Waals surface area contributed by atoms with E-state index in [1.165, 1.54) is 61.3 Å². The van der Waals surface area contributed by atoms with Crippen LogP contribution < -0.4 is 0 Å². The molecule has 1 nitrogen and oxygen atoms in total. The Morgan fingerprint density at radius 2 is 1.30 bits per heavy atom. The molecular weight excluding hydrogens is 413 g/mol. The minimum absolute atomic E-state index is 0.397. The van der Waals surface area contributed by atoms with Crippen LogP contribution in [0.15, 0.2) is 72.8 Å². The van der Waals surface area contributed by atoms with Gasteiger partial charge in [-0.2, -0.15) is 0 Å². The van der Waals surface area contributed by atoms with Gasteiger partial charge in [-0.05, 0) is 0 Å². The molecule has 27 heavy (non-hydrogen) atoms. The average Bonchev–Trinajstić information content (AvgIpc) is 3.37. The molecule has 1 N–H and O–H groups in total. The molecule has 3 heterocycles. The first kappa shape index (κ1) is 14.5. The molecule has 0 atom stereocenters. The Hall–Kier alpha value is -2.58. The van der Waals surface area contributed by atoms with Crippen molar-refractivity contribution in [1.29, 1.82) is 0 Å². The summed E-state index contributed by atoms with van der Waals surface area (Å²) in [6, 6.07) is 26.9. The molecule has 3 aromatic heterocycles. The van der Waals surface area contributed by atoms with Crippen molar-refractivity contribution in [1.82, 2.24) is 4.98 Å². The zero-order chi connectivity index (χ0) is 17.5. The van der Waals surface area contributed by atoms with Gasteiger partial charge < -0.3 is 0 Å². The Labute approximate surface area is 164 Å². The molecule has 0 saturated heterocycles. The van der Waals surface area contributed by atoms with E-state index >= 15 is 0 Å². The van der Waals surface area contributed by atoms with E-state index in [0.717, 1.165) is 0 Å². The summed E-state index contributed by atoms with van der Waals surface area (Å²) in [4.78, 5) is 3.70. The first-order valence-corrected chi connectivity index (χ1v) is 11.6. The molecule has 0 fully saturated rings. The van der Waals surface area contributed by atoms with E-state index in [9.17, 15) is 0 Å². The van der Waals surface area contributed by atoms with Crippen LogP contribution in [0.1, 0.15) is 0 Å². The van der Waals surface area contributed by atoms with Gasteiger partial charge in [0.1, 0.15) is 0 Å². The first-order valence-electron chi connectivity index (χ1n) is 9.04. The number of aromatic amines is 1. The van der Waals surface area contributed by atoms with Crippen molar-refractivity contribution >= 4 is 87.1 Å². The molecule has 0 bridgehead atoms. The summed E-state index contributed by atoms with van der Waals surface area (Å²) in [6.07, 6.45) is 0. The molecular formula is C24H13NSSe. The SMILES string of the molecule is c1ccc2c(c1)sc1ccc3[nH]c4ccc5[se]c6ccccc6c5c4c3c12. The fraction of sp³-hybridized carbons (Fsp3) is 0. The molecule has 0 spiro atoms. The monoisotopic (exact) mass is 427 g/mol. The first-order chi connectivity index (χ1) is 13.4. The topological polar surface area (TPSA) is 15.8 Å². The summed E-state index contributed by atoms with van der Waals surface area (Å²) >= 11 is 2.29. The van der Waals surface area contributed by atoms with E-state index in [4.69, 9.17) is 0 Å². The number of H-pyrrole nitrogens is 1. The molecule has 0 amide bonds. The van der Waals surface area contributed by atoms with E-state index < -0.39 is 0 Å². The van der Waals surface area contributed by atoms with Gasteiger partial charge in [0.2, 0.25) is 0 Å². The van der Waals surface area contributed by atoms with Gasteiger partial charge in [0, 0.05) is 0 Å². The number of nitrogens with one attached hydrogen (secondary N) is 1. The zero-order valence-corrected chi connectivity index (χ0v) is 16.8. The van der Waals surface area contributed by atoms with Crippen molar-refractivity contribution in [2.45, 2.75) is 0 Å². The second-order valence-corrected chi connectivity index (χ2v) is 10.4. The van der Waals surface area contributed by atoms with E-state index in [-0.39, 0.29) is 0 Å². The normalized spacial score (nSPS) is 12.4. The van der Waals surface area contributed by atoms with Gasteiger partial charge in [0.25, 0.3) is 0 Å². The van der Waals surface area contributed by atoms with Crippen molar-refractivity contribution in [3.63, 3.8) is 0 Å². The van der Waals surface area contributed by atoms with E-state index in [1.807, 2.05) is 11.3 Å². The number of aromatic nitrogens is 1. The quantitative estimate of drug-likeness (QED) is 0.250. The number of hydrogen-bond acceptors (Lipinski definition) is 1. The van der Waals surface area contributed by atoms with Gasteiger partial charge in [-0.1, -0.05) is 0 Å². The third-order valence-corrected chi connectivity index (χ3v) is 9.13. The maximum absolute atomic E-state index is 3.70. The van der Waals surface area contributed by atoms with Crippen LogP contribution in [0.25, 0.3) is 61.3 Å². The van der Waals surface area contributed by atoms with E-state index in [0.29, 0.717) is 14.5 Å². The molecule has 4 aromatic carbocycles. The number of thiophene rings is 1. The van der Waals surface area contributed by atoms with Gasteiger partial charge in [-0.15, -0.1) is 0 Å². The van der Waals surface area contributed by atoms with Crippen LogP contribution >= 0.6 is 11.3 Å². The van der Waals surface area contributed by atoms with Crippen LogP contribution in [0, 0.1) is 0 Å². The molecule has 7 rings (SSSR count). The standard InChI is InChI=1S/C24H13NSSe/c1-3-7-17-13(5-1)21-18(26-17)11-9-15-23(21)24-16(25-15)10-12-20-22(24)14-6-2-4-8-19(14)27-20/h1-12,25H. The van der Waals surface area contributed by atoms with Gasteiger partial charge in [0.05, 0.1) is 0 Å². The molecule has 0 unspecified atom stereocenters. The summed E-state index contributed by atoms with van der Waals surface area (Å²) in [5, 5.41) is 8.46. The van der Waals surface area contributed by atoms with Crippen molar-refractivity contribution in [3.8, 4) is 0 Å². The van der Waals surface area contributed by atoms with Crippen LogP contribution in [0.5, 0.6) is 0 Å². The Bertz CT molecular complexity index is 1550. The number of fused-ring (bicyclic) bond motifs is 11. The number of benzene rings is 4. The molecule has 0 aliphatic rings. The Morgan fingerprint density at radius 1 is 0.556 bits per heavy atom. The van der Waals surface area contributed by atoms with Crippen LogP contribution in [0.2, 0.25) is 0 Å². The fourth-order valence-electron chi connectivity index (χ4n) is 4.51. The maximum atomic E-state index is 3.70. The summed E-state index contributed by atoms with van der Waals surface area (Å²) in [6.45, 7) is 0. The molecule has 0 aliphatic carbocycles. The van der Waals surface area contributed by atoms with Crippen molar-refractivity contribution in [3.05, 3.63) is 72.8 Å². The molecule has 7 aromatic rings. The van der Waals surface area contributed by atoms with Gasteiger partial charge >= 0.3 is 165 Å². The third kappa shape index (κ3) is 1.79. The summed E-state index contributed by atoms with van der Waals surface area (Å²) in [5.41, 5.74) is 2.49. The molecule has 0 aliphatic heterocycles. The molecule has 3 heteroatoms. The predicted octanol–water partition coefficient (Wildman–Crippen LogP) is 7.05. The Kier molecular flexibility index (Phi) is 2.69. The van der Waals surface area contributed by atoms with E-state index in [1.54, 1.807) is 0 Å². The van der Waals surface area contributed by atoms with Crippen LogP contribution in [0.3, 0.4) is 0 Å². The fourth-order valence-corrected chi connectivity index (χ4v) is 7.96. The Morgan fingerprint density at radius 3 is 2.22 bits per heavy atom. The van der Waals surface area contributed by atoms with Gasteiger partial charge in [-0.25, -0.2) is 0 Å². The predicted molar refractivity (Wildman–Crippen MR) is 121 cm³/mol. The van der Waals surface area contributed by atoms with Crippen molar-refractivity contribution in [2.75, 3.05) is 0 Å². The summed E-state index contributed by atoms with van der Waals surface area (Å²) < 4.78 is 5.75. The molecule has 0 radical (unpaired) electrons. The van der Waals surface area contributed by atoms with Crippen molar-refractivity contribution in [2.24, 2.45) is 0 Å². The summed E-state index contributed by atoms with van der Waals surface area (Å²) in [5.74, 6) is 0. The van der Waals surface area contributed by atoms with E-state index in [2.05, 4.69) is 77.8 Å². The molecule has 0 saturated carbocycles. The third-order valence-electron chi connectivity index (χ3n) is 5.61. The summed E-state index contributed by atoms with van der Waals surface area (Å²) in [7, 11) is 0. The molecule has 126 valence electrons. The van der Waals surface area contributed by atoms with Crippen LogP contribution in [0.4, 0.5) is 0 Å². The van der Waals surface area contributed by atoms with Crippen molar-refractivity contribution < 1.29 is 0 Å². The Balaban J connectivity index is 1.87. The second kappa shape index (κ2) is 5.02. The zero-order valence-electron chi connectivity index (χ0n) is 14.2. The van der Waals surface area contributed by atoms with Crippen LogP contribution in [-0.2, 0) is 0 Å². The minimum atomic E-state index is 0.397. The van der Waals surface area contributed by atoms with Gasteiger partial charge in [-0.3, -0.25) is 0 Å². The number of hydrogen-bond donors (Lipinski definition) is 1.